The minimum atomic E-state index is -0.718. The maximum atomic E-state index is 10.5. The third kappa shape index (κ3) is 3.88. The molecule has 5 atom stereocenters. The third-order valence-electron chi connectivity index (χ3n) is 5.72. The van der Waals surface area contributed by atoms with Gasteiger partial charge in [0.2, 0.25) is 0 Å². The Balaban J connectivity index is 1.40. The van der Waals surface area contributed by atoms with E-state index in [1.807, 2.05) is 24.3 Å². The van der Waals surface area contributed by atoms with Crippen LogP contribution in [0.3, 0.4) is 0 Å². The molecule has 0 radical (unpaired) electrons. The van der Waals surface area contributed by atoms with Gasteiger partial charge in [-0.1, -0.05) is 18.2 Å². The van der Waals surface area contributed by atoms with Crippen LogP contribution in [0.2, 0.25) is 0 Å². The van der Waals surface area contributed by atoms with Gasteiger partial charge in [0.25, 0.3) is 0 Å². The SMILES string of the molecule is Oc1ccc(C(O)CN2C[C@]3(S)CC(Oc4ccccc4P)C[C@]3(S)C2)nc1. The number of aromatic nitrogens is 1. The Morgan fingerprint density at radius 3 is 2.46 bits per heavy atom. The number of nitrogens with zero attached hydrogens (tertiary/aromatic N) is 2. The van der Waals surface area contributed by atoms with Gasteiger partial charge in [-0.25, -0.2) is 0 Å². The van der Waals surface area contributed by atoms with Crippen LogP contribution in [0.15, 0.2) is 42.6 Å². The fourth-order valence-electron chi connectivity index (χ4n) is 4.34. The van der Waals surface area contributed by atoms with Crippen molar-refractivity contribution >= 4 is 39.8 Å². The summed E-state index contributed by atoms with van der Waals surface area (Å²) < 4.78 is 5.69. The summed E-state index contributed by atoms with van der Waals surface area (Å²) in [6.07, 6.45) is 2.32. The summed E-state index contributed by atoms with van der Waals surface area (Å²) in [5.41, 5.74) is 0.551. The molecule has 1 saturated carbocycles. The molecule has 1 aliphatic carbocycles. The molecule has 8 heteroatoms. The molecule has 3 unspecified atom stereocenters. The van der Waals surface area contributed by atoms with Crippen LogP contribution >= 0.6 is 34.5 Å². The minimum absolute atomic E-state index is 0.0718. The van der Waals surface area contributed by atoms with Crippen LogP contribution in [-0.4, -0.2) is 55.3 Å². The number of thiol groups is 2. The Kier molecular flexibility index (Phi) is 5.58. The lowest BCUT2D eigenvalue weighted by atomic mass is 9.98. The molecule has 2 aromatic rings. The highest BCUT2D eigenvalue weighted by atomic mass is 32.1. The van der Waals surface area contributed by atoms with Crippen molar-refractivity contribution in [2.24, 2.45) is 0 Å². The first kappa shape index (κ1) is 20.3. The van der Waals surface area contributed by atoms with Crippen LogP contribution in [0.5, 0.6) is 11.5 Å². The summed E-state index contributed by atoms with van der Waals surface area (Å²) in [6, 6.07) is 11.2. The number of aliphatic hydroxyl groups excluding tert-OH is 1. The Bertz CT molecular complexity index is 836. The van der Waals surface area contributed by atoms with Crippen LogP contribution in [0.4, 0.5) is 0 Å². The summed E-state index contributed by atoms with van der Waals surface area (Å²) in [7, 11) is 2.71. The zero-order valence-corrected chi connectivity index (χ0v) is 18.3. The molecule has 0 bridgehead atoms. The molecule has 4 rings (SSSR count). The summed E-state index contributed by atoms with van der Waals surface area (Å²) in [5, 5.41) is 20.9. The third-order valence-corrected chi connectivity index (χ3v) is 7.88. The van der Waals surface area contributed by atoms with Crippen molar-refractivity contribution in [1.82, 2.24) is 9.88 Å². The average molecular weight is 437 g/mol. The molecule has 0 amide bonds. The Morgan fingerprint density at radius 2 is 1.86 bits per heavy atom. The molecule has 0 spiro atoms. The van der Waals surface area contributed by atoms with Crippen LogP contribution in [0.1, 0.15) is 24.6 Å². The van der Waals surface area contributed by atoms with E-state index in [0.29, 0.717) is 12.2 Å². The predicted molar refractivity (Wildman–Crippen MR) is 120 cm³/mol. The number of hydrogen-bond donors (Lipinski definition) is 4. The van der Waals surface area contributed by atoms with Crippen molar-refractivity contribution in [2.75, 3.05) is 19.6 Å². The monoisotopic (exact) mass is 436 g/mol. The standard InChI is InChI=1S/C20H25N2O3PS2/c23-13-5-6-15(21-9-13)16(24)10-22-11-19(27)7-14(8-20(19,28)12-22)25-17-3-1-2-4-18(17)26/h1-6,9,14,16,23-24,27-28H,7-8,10-12,26H2/t14?,16?,19-,20+. The summed E-state index contributed by atoms with van der Waals surface area (Å²) in [6.45, 7) is 1.93. The fourth-order valence-corrected chi connectivity index (χ4v) is 5.74. The van der Waals surface area contributed by atoms with E-state index in [-0.39, 0.29) is 21.3 Å². The zero-order chi connectivity index (χ0) is 19.9. The highest BCUT2D eigenvalue weighted by Crippen LogP contribution is 2.54. The molecule has 28 heavy (non-hydrogen) atoms. The Hall–Kier alpha value is -0.980. The van der Waals surface area contributed by atoms with Crippen molar-refractivity contribution < 1.29 is 14.9 Å². The second-order valence-corrected chi connectivity index (χ2v) is 10.2. The minimum Gasteiger partial charge on any atom is -0.506 e. The molecule has 2 heterocycles. The molecule has 1 aliphatic heterocycles. The van der Waals surface area contributed by atoms with Crippen LogP contribution in [0, 0.1) is 0 Å². The van der Waals surface area contributed by atoms with Crippen LogP contribution < -0.4 is 10.0 Å². The van der Waals surface area contributed by atoms with Gasteiger partial charge >= 0.3 is 0 Å². The normalized spacial score (nSPS) is 30.9. The van der Waals surface area contributed by atoms with E-state index in [4.69, 9.17) is 30.0 Å². The van der Waals surface area contributed by atoms with E-state index in [9.17, 15) is 10.2 Å². The van der Waals surface area contributed by atoms with Gasteiger partial charge in [-0.15, -0.1) is 9.24 Å². The largest absolute Gasteiger partial charge is 0.506 e. The summed E-state index contributed by atoms with van der Waals surface area (Å²) in [5.74, 6) is 0.977. The van der Waals surface area contributed by atoms with Gasteiger partial charge in [0.1, 0.15) is 23.7 Å². The predicted octanol–water partition coefficient (Wildman–Crippen LogP) is 2.22. The van der Waals surface area contributed by atoms with Gasteiger partial charge in [0.05, 0.1) is 11.9 Å². The van der Waals surface area contributed by atoms with Gasteiger partial charge < -0.3 is 14.9 Å². The van der Waals surface area contributed by atoms with Crippen LogP contribution in [-0.2, 0) is 0 Å². The molecular weight excluding hydrogens is 411 g/mol. The van der Waals surface area contributed by atoms with Crippen molar-refractivity contribution in [3.63, 3.8) is 0 Å². The first-order chi connectivity index (χ1) is 13.3. The van der Waals surface area contributed by atoms with Crippen LogP contribution in [0.25, 0.3) is 0 Å². The van der Waals surface area contributed by atoms with Gasteiger partial charge in [-0.3, -0.25) is 9.88 Å². The average Bonchev–Trinajstić information content (AvgIpc) is 3.00. The van der Waals surface area contributed by atoms with Gasteiger partial charge in [0, 0.05) is 47.3 Å². The Labute approximate surface area is 178 Å². The number of likely N-dealkylation sites (tertiary alicyclic amines) is 1. The van der Waals surface area contributed by atoms with Crippen molar-refractivity contribution in [1.29, 1.82) is 0 Å². The van der Waals surface area contributed by atoms with E-state index in [1.165, 1.54) is 12.3 Å². The maximum absolute atomic E-state index is 10.5. The number of aliphatic hydroxyl groups is 1. The highest BCUT2D eigenvalue weighted by molar-refractivity contribution is 7.86. The number of pyridine rings is 1. The van der Waals surface area contributed by atoms with E-state index in [2.05, 4.69) is 19.1 Å². The van der Waals surface area contributed by atoms with Crippen molar-refractivity contribution in [2.45, 2.75) is 34.5 Å². The number of benzene rings is 1. The number of ether oxygens (including phenoxy) is 1. The lowest BCUT2D eigenvalue weighted by molar-refractivity contribution is 0.115. The number of para-hydroxylation sites is 1. The van der Waals surface area contributed by atoms with Crippen molar-refractivity contribution in [3.05, 3.63) is 48.3 Å². The Morgan fingerprint density at radius 1 is 1.18 bits per heavy atom. The first-order valence-corrected chi connectivity index (χ1v) is 10.8. The molecule has 150 valence electrons. The van der Waals surface area contributed by atoms with E-state index < -0.39 is 6.10 Å². The fraction of sp³-hybridized carbons (Fsp3) is 0.450. The molecule has 1 aromatic heterocycles. The summed E-state index contributed by atoms with van der Waals surface area (Å²) in [4.78, 5) is 6.30. The van der Waals surface area contributed by atoms with E-state index in [1.54, 1.807) is 6.07 Å². The van der Waals surface area contributed by atoms with Gasteiger partial charge in [-0.2, -0.15) is 25.3 Å². The smallest absolute Gasteiger partial charge is 0.133 e. The number of rotatable bonds is 5. The number of β-amino-alcohol motifs (C(OH)–C–C–N with tert-alkyl or cyclic N) is 1. The lowest BCUT2D eigenvalue weighted by Crippen LogP contribution is -2.39. The topological polar surface area (TPSA) is 65.8 Å². The van der Waals surface area contributed by atoms with Crippen molar-refractivity contribution in [3.8, 4) is 11.5 Å². The molecule has 2 N–H and O–H groups in total. The molecular formula is C20H25N2O3PS2. The molecule has 2 fully saturated rings. The quantitative estimate of drug-likeness (QED) is 0.428. The molecule has 1 aromatic carbocycles. The van der Waals surface area contributed by atoms with Gasteiger partial charge in [0.15, 0.2) is 0 Å². The number of aromatic hydroxyl groups is 1. The summed E-state index contributed by atoms with van der Waals surface area (Å²) >= 11 is 10.0. The second-order valence-electron chi connectivity index (χ2n) is 7.88. The molecule has 2 aliphatic rings. The van der Waals surface area contributed by atoms with E-state index in [0.717, 1.165) is 37.0 Å². The molecule has 1 saturated heterocycles. The van der Waals surface area contributed by atoms with E-state index >= 15 is 0 Å². The van der Waals surface area contributed by atoms with Gasteiger partial charge in [-0.05, 0) is 18.2 Å². The lowest BCUT2D eigenvalue weighted by Gasteiger charge is -2.29. The maximum Gasteiger partial charge on any atom is 0.133 e. The zero-order valence-electron chi connectivity index (χ0n) is 15.4. The second kappa shape index (κ2) is 7.69. The molecule has 5 nitrogen and oxygen atoms in total. The number of fused-ring (bicyclic) bond motifs is 1. The first-order valence-electron chi connectivity index (χ1n) is 9.29. The number of hydrogen-bond acceptors (Lipinski definition) is 7. The highest BCUT2D eigenvalue weighted by Gasteiger charge is 2.60.